The van der Waals surface area contributed by atoms with E-state index >= 15 is 0 Å². The summed E-state index contributed by atoms with van der Waals surface area (Å²) in [6.45, 7) is 22.3. The Kier molecular flexibility index (Phi) is 8.96. The lowest BCUT2D eigenvalue weighted by atomic mass is 10.1. The van der Waals surface area contributed by atoms with Gasteiger partial charge in [-0.15, -0.1) is 0 Å². The number of imide groups is 1. The van der Waals surface area contributed by atoms with Crippen LogP contribution in [0.4, 0.5) is 15.4 Å². The van der Waals surface area contributed by atoms with E-state index in [0.29, 0.717) is 12.3 Å². The van der Waals surface area contributed by atoms with Crippen molar-refractivity contribution in [3.05, 3.63) is 59.5 Å². The van der Waals surface area contributed by atoms with Gasteiger partial charge in [0.25, 0.3) is 0 Å². The summed E-state index contributed by atoms with van der Waals surface area (Å²) in [5.74, 6) is 1.00. The Morgan fingerprint density at radius 2 is 1.65 bits per heavy atom. The number of amides is 2. The van der Waals surface area contributed by atoms with Crippen LogP contribution in [-0.4, -0.2) is 42.5 Å². The lowest BCUT2D eigenvalue weighted by molar-refractivity contribution is 0.0560. The van der Waals surface area contributed by atoms with Gasteiger partial charge in [0.1, 0.15) is 36.5 Å². The molecular formula is C30H45N3O6Si. The molecule has 1 aliphatic rings. The zero-order valence-corrected chi connectivity index (χ0v) is 26.8. The number of ether oxygens (including phenoxy) is 3. The van der Waals surface area contributed by atoms with Crippen LogP contribution in [0.5, 0.6) is 0 Å². The van der Waals surface area contributed by atoms with Gasteiger partial charge in [0.15, 0.2) is 0 Å². The number of aromatic nitrogens is 2. The Labute approximate surface area is 239 Å². The fraction of sp³-hybridized carbons (Fsp3) is 0.567. The minimum absolute atomic E-state index is 0.00188. The van der Waals surface area contributed by atoms with Gasteiger partial charge in [-0.2, -0.15) is 10.00 Å². The van der Waals surface area contributed by atoms with Crippen LogP contribution in [0.1, 0.15) is 79.7 Å². The molecule has 0 saturated heterocycles. The number of anilines is 1. The number of rotatable bonds is 6. The van der Waals surface area contributed by atoms with E-state index in [1.165, 1.54) is 0 Å². The highest BCUT2D eigenvalue weighted by Crippen LogP contribution is 2.40. The van der Waals surface area contributed by atoms with Gasteiger partial charge in [0, 0.05) is 6.07 Å². The summed E-state index contributed by atoms with van der Waals surface area (Å²) in [5, 5.41) is 4.83. The summed E-state index contributed by atoms with van der Waals surface area (Å²) < 4.78 is 25.3. The smallest absolute Gasteiger partial charge is 0.425 e. The Morgan fingerprint density at radius 1 is 1.02 bits per heavy atom. The van der Waals surface area contributed by atoms with Gasteiger partial charge in [-0.05, 0) is 71.3 Å². The molecular weight excluding hydrogens is 526 g/mol. The van der Waals surface area contributed by atoms with Crippen LogP contribution in [0.15, 0.2) is 48.2 Å². The van der Waals surface area contributed by atoms with E-state index in [1.54, 1.807) is 31.5 Å². The highest BCUT2D eigenvalue weighted by atomic mass is 28.4. The Morgan fingerprint density at radius 3 is 2.20 bits per heavy atom. The van der Waals surface area contributed by atoms with Crippen LogP contribution in [0.25, 0.3) is 0 Å². The molecule has 3 rings (SSSR count). The van der Waals surface area contributed by atoms with Gasteiger partial charge >= 0.3 is 12.2 Å². The van der Waals surface area contributed by atoms with Gasteiger partial charge < -0.3 is 18.6 Å². The molecule has 2 heterocycles. The van der Waals surface area contributed by atoms with Crippen molar-refractivity contribution in [1.29, 1.82) is 0 Å². The van der Waals surface area contributed by atoms with Gasteiger partial charge in [0.2, 0.25) is 8.32 Å². The molecule has 0 bridgehead atoms. The van der Waals surface area contributed by atoms with E-state index in [4.69, 9.17) is 23.7 Å². The van der Waals surface area contributed by atoms with Gasteiger partial charge in [0.05, 0.1) is 11.2 Å². The number of carbonyl (C=O) groups excluding carboxylic acids is 2. The fourth-order valence-corrected chi connectivity index (χ4v) is 4.77. The first-order valence-electron chi connectivity index (χ1n) is 13.6. The molecule has 0 unspecified atom stereocenters. The SMILES string of the molecule is CC(C)(C)OC(=O)N(C(=O)OCc1ccccc1)c1cc([C@@H]2C=C(O[Si](C)(C)C(C)(C)C)CO2)nn1C(C)(C)C. The predicted molar refractivity (Wildman–Crippen MR) is 158 cm³/mol. The third kappa shape index (κ3) is 7.75. The molecule has 220 valence electrons. The van der Waals surface area contributed by atoms with Crippen LogP contribution in [0.2, 0.25) is 18.1 Å². The van der Waals surface area contributed by atoms with Crippen molar-refractivity contribution in [3.63, 3.8) is 0 Å². The summed E-state index contributed by atoms with van der Waals surface area (Å²) in [4.78, 5) is 27.8. The molecule has 10 heteroatoms. The predicted octanol–water partition coefficient (Wildman–Crippen LogP) is 7.69. The van der Waals surface area contributed by atoms with Crippen molar-refractivity contribution in [2.24, 2.45) is 0 Å². The first-order chi connectivity index (χ1) is 18.3. The molecule has 40 heavy (non-hydrogen) atoms. The standard InChI is InChI=1S/C30H45N3O6Si/c1-28(2,3)33-25(18-23(31-33)24-17-22(20-36-24)39-40(10,11)30(7,8)9)32(27(35)38-29(4,5)6)26(34)37-19-21-15-13-12-14-16-21/h12-18,24H,19-20H2,1-11H3/t24-/m0/s1. The van der Waals surface area contributed by atoms with Crippen molar-refractivity contribution in [3.8, 4) is 0 Å². The molecule has 0 aliphatic carbocycles. The second kappa shape index (κ2) is 11.4. The Balaban J connectivity index is 1.99. The Bertz CT molecular complexity index is 1230. The Hall–Kier alpha value is -3.11. The topological polar surface area (TPSA) is 92.1 Å². The summed E-state index contributed by atoms with van der Waals surface area (Å²) in [6.07, 6.45) is -0.291. The van der Waals surface area contributed by atoms with Crippen LogP contribution >= 0.6 is 0 Å². The minimum atomic E-state index is -2.05. The quantitative estimate of drug-likeness (QED) is 0.328. The van der Waals surface area contributed by atoms with Crippen LogP contribution in [-0.2, 0) is 30.8 Å². The number of nitrogens with zero attached hydrogens (tertiary/aromatic N) is 3. The van der Waals surface area contributed by atoms with Gasteiger partial charge in [-0.25, -0.2) is 14.3 Å². The highest BCUT2D eigenvalue weighted by molar-refractivity contribution is 6.74. The molecule has 1 aliphatic heterocycles. The van der Waals surface area contributed by atoms with Crippen molar-refractivity contribution < 1.29 is 28.2 Å². The van der Waals surface area contributed by atoms with Gasteiger partial charge in [-0.3, -0.25) is 0 Å². The molecule has 0 fully saturated rings. The van der Waals surface area contributed by atoms with Crippen molar-refractivity contribution in [2.45, 2.75) is 104 Å². The summed E-state index contributed by atoms with van der Waals surface area (Å²) >= 11 is 0. The molecule has 0 spiro atoms. The molecule has 2 aromatic rings. The lowest BCUT2D eigenvalue weighted by Crippen LogP contribution is -2.43. The summed E-state index contributed by atoms with van der Waals surface area (Å²) in [6, 6.07) is 11.0. The van der Waals surface area contributed by atoms with Crippen LogP contribution in [0.3, 0.4) is 0 Å². The molecule has 2 amide bonds. The third-order valence-electron chi connectivity index (χ3n) is 6.76. The van der Waals surface area contributed by atoms with E-state index in [1.807, 2.05) is 57.2 Å². The second-order valence-electron chi connectivity index (χ2n) is 13.6. The van der Waals surface area contributed by atoms with Crippen LogP contribution < -0.4 is 4.90 Å². The molecule has 0 saturated carbocycles. The molecule has 1 aromatic carbocycles. The summed E-state index contributed by atoms with van der Waals surface area (Å²) in [5.41, 5.74) is -0.0828. The largest absolute Gasteiger partial charge is 0.545 e. The van der Waals surface area contributed by atoms with E-state index < -0.39 is 37.7 Å². The maximum atomic E-state index is 13.5. The minimum Gasteiger partial charge on any atom is -0.545 e. The second-order valence-corrected chi connectivity index (χ2v) is 18.3. The van der Waals surface area contributed by atoms with E-state index in [0.717, 1.165) is 16.2 Å². The molecule has 1 atom stereocenters. The molecule has 0 radical (unpaired) electrons. The molecule has 0 N–H and O–H groups in total. The van der Waals surface area contributed by atoms with Gasteiger partial charge in [-0.1, -0.05) is 51.1 Å². The molecule has 9 nitrogen and oxygen atoms in total. The average molecular weight is 572 g/mol. The monoisotopic (exact) mass is 571 g/mol. The maximum Gasteiger partial charge on any atom is 0.425 e. The zero-order valence-electron chi connectivity index (χ0n) is 25.8. The van der Waals surface area contributed by atoms with E-state index in [9.17, 15) is 9.59 Å². The normalized spacial score (nSPS) is 16.4. The number of carbonyl (C=O) groups is 2. The van der Waals surface area contributed by atoms with Crippen molar-refractivity contribution >= 4 is 26.3 Å². The summed E-state index contributed by atoms with van der Waals surface area (Å²) in [7, 11) is -2.05. The van der Waals surface area contributed by atoms with Crippen LogP contribution in [0, 0.1) is 0 Å². The first kappa shape index (κ1) is 31.4. The first-order valence-corrected chi connectivity index (χ1v) is 16.5. The number of hydrogen-bond acceptors (Lipinski definition) is 7. The average Bonchev–Trinajstić information content (AvgIpc) is 3.43. The maximum absolute atomic E-state index is 13.5. The highest BCUT2D eigenvalue weighted by Gasteiger charge is 2.41. The fourth-order valence-electron chi connectivity index (χ4n) is 3.69. The van der Waals surface area contributed by atoms with Crippen molar-refractivity contribution in [2.75, 3.05) is 11.5 Å². The zero-order chi connectivity index (χ0) is 30.1. The number of benzene rings is 1. The van der Waals surface area contributed by atoms with E-state index in [2.05, 4.69) is 33.9 Å². The molecule has 1 aromatic heterocycles. The van der Waals surface area contributed by atoms with E-state index in [-0.39, 0.29) is 17.5 Å². The van der Waals surface area contributed by atoms with Crippen molar-refractivity contribution in [1.82, 2.24) is 9.78 Å². The lowest BCUT2D eigenvalue weighted by Gasteiger charge is -2.36. The third-order valence-corrected chi connectivity index (χ3v) is 11.1. The number of hydrogen-bond donors (Lipinski definition) is 0.